The predicted octanol–water partition coefficient (Wildman–Crippen LogP) is 5.11. The Morgan fingerprint density at radius 3 is 2.59 bits per heavy atom. The van der Waals surface area contributed by atoms with E-state index in [1.165, 1.54) is 0 Å². The van der Waals surface area contributed by atoms with Crippen molar-refractivity contribution in [3.63, 3.8) is 0 Å². The Bertz CT molecular complexity index is 453. The fraction of sp³-hybridized carbons (Fsp3) is 0.417. The van der Waals surface area contributed by atoms with Gasteiger partial charge in [-0.05, 0) is 48.3 Å². The van der Waals surface area contributed by atoms with E-state index in [1.54, 1.807) is 0 Å². The van der Waals surface area contributed by atoms with Gasteiger partial charge < -0.3 is 5.32 Å². The molecule has 0 aliphatic heterocycles. The zero-order valence-corrected chi connectivity index (χ0v) is 12.7. The van der Waals surface area contributed by atoms with Crippen molar-refractivity contribution in [3.05, 3.63) is 26.7 Å². The lowest BCUT2D eigenvalue weighted by Crippen LogP contribution is -2.14. The van der Waals surface area contributed by atoms with Gasteiger partial charge in [0.2, 0.25) is 0 Å². The number of nitrogens with one attached hydrogen (secondary N) is 1. The van der Waals surface area contributed by atoms with Gasteiger partial charge >= 0.3 is 0 Å². The number of halogens is 3. The summed E-state index contributed by atoms with van der Waals surface area (Å²) in [6, 6.07) is 5.95. The molecule has 0 radical (unpaired) electrons. The molecule has 0 unspecified atom stereocenters. The van der Waals surface area contributed by atoms with Crippen molar-refractivity contribution in [3.8, 4) is 6.07 Å². The number of hydrogen-bond donors (Lipinski definition) is 1. The van der Waals surface area contributed by atoms with Crippen LogP contribution in [0.25, 0.3) is 0 Å². The topological polar surface area (TPSA) is 35.8 Å². The molecule has 2 nitrogen and oxygen atoms in total. The van der Waals surface area contributed by atoms with E-state index in [4.69, 9.17) is 28.5 Å². The minimum Gasteiger partial charge on any atom is -0.384 e. The van der Waals surface area contributed by atoms with Crippen LogP contribution in [0.1, 0.15) is 20.3 Å². The van der Waals surface area contributed by atoms with Crippen LogP contribution < -0.4 is 5.32 Å². The van der Waals surface area contributed by atoms with E-state index in [9.17, 15) is 0 Å². The summed E-state index contributed by atoms with van der Waals surface area (Å²) in [6.45, 7) is 4.49. The molecule has 0 heterocycles. The monoisotopic (exact) mass is 334 g/mol. The summed E-state index contributed by atoms with van der Waals surface area (Å²) < 4.78 is 0.770. The maximum absolute atomic E-state index is 8.90. The molecule has 0 fully saturated rings. The summed E-state index contributed by atoms with van der Waals surface area (Å²) in [5, 5.41) is 13.1. The Hall–Kier alpha value is -0.430. The van der Waals surface area contributed by atoms with Gasteiger partial charge in [-0.3, -0.25) is 0 Å². The lowest BCUT2D eigenvalue weighted by molar-refractivity contribution is 0.466. The van der Waals surface area contributed by atoms with E-state index in [0.717, 1.165) is 16.6 Å². The molecule has 1 N–H and O–H groups in total. The first-order chi connectivity index (χ1) is 7.87. The minimum atomic E-state index is -0.335. The van der Waals surface area contributed by atoms with Gasteiger partial charge in [0.1, 0.15) is 0 Å². The van der Waals surface area contributed by atoms with E-state index in [2.05, 4.69) is 27.3 Å². The zero-order valence-electron chi connectivity index (χ0n) is 9.65. The fourth-order valence-electron chi connectivity index (χ4n) is 1.23. The van der Waals surface area contributed by atoms with Crippen molar-refractivity contribution < 1.29 is 0 Å². The number of anilines is 1. The fourth-order valence-corrected chi connectivity index (χ4v) is 2.07. The number of benzene rings is 1. The van der Waals surface area contributed by atoms with Crippen molar-refractivity contribution in [2.24, 2.45) is 5.41 Å². The SMILES string of the molecule is CC(C)(C#N)CCNc1ccc(Br)c(Cl)c1Cl. The third-order valence-corrected chi connectivity index (χ3v) is 4.17. The Balaban J connectivity index is 2.66. The molecule has 0 saturated heterocycles. The second kappa shape index (κ2) is 5.95. The molecule has 0 saturated carbocycles. The molecule has 0 aliphatic rings. The summed E-state index contributed by atoms with van der Waals surface area (Å²) in [5.74, 6) is 0. The first-order valence-corrected chi connectivity index (χ1v) is 6.71. The second-order valence-corrected chi connectivity index (χ2v) is 6.01. The summed E-state index contributed by atoms with van der Waals surface area (Å²) in [4.78, 5) is 0. The Labute approximate surface area is 120 Å². The molecule has 0 amide bonds. The van der Waals surface area contributed by atoms with Gasteiger partial charge in [-0.25, -0.2) is 0 Å². The first-order valence-electron chi connectivity index (χ1n) is 5.16. The van der Waals surface area contributed by atoms with Crippen LogP contribution in [-0.2, 0) is 0 Å². The average molecular weight is 336 g/mol. The van der Waals surface area contributed by atoms with Gasteiger partial charge in [0.15, 0.2) is 0 Å². The van der Waals surface area contributed by atoms with Gasteiger partial charge in [0.05, 0.1) is 27.2 Å². The molecule has 0 aliphatic carbocycles. The molecule has 0 bridgehead atoms. The molecule has 5 heteroatoms. The zero-order chi connectivity index (χ0) is 13.1. The molecule has 92 valence electrons. The molecule has 1 rings (SSSR count). The van der Waals surface area contributed by atoms with Gasteiger partial charge in [0.25, 0.3) is 0 Å². The Morgan fingerprint density at radius 1 is 1.35 bits per heavy atom. The molecule has 0 aromatic heterocycles. The summed E-state index contributed by atoms with van der Waals surface area (Å²) in [5.41, 5.74) is 0.451. The highest BCUT2D eigenvalue weighted by atomic mass is 79.9. The van der Waals surface area contributed by atoms with E-state index >= 15 is 0 Å². The maximum Gasteiger partial charge on any atom is 0.0835 e. The van der Waals surface area contributed by atoms with Crippen molar-refractivity contribution in [2.75, 3.05) is 11.9 Å². The quantitative estimate of drug-likeness (QED) is 0.776. The minimum absolute atomic E-state index is 0.335. The largest absolute Gasteiger partial charge is 0.384 e. The standard InChI is InChI=1S/C12H13BrCl2N2/c1-12(2,7-16)5-6-17-9-4-3-8(13)10(14)11(9)15/h3-4,17H,5-6H2,1-2H3. The molecular weight excluding hydrogens is 323 g/mol. The highest BCUT2D eigenvalue weighted by molar-refractivity contribution is 9.10. The molecule has 1 aromatic carbocycles. The van der Waals surface area contributed by atoms with Gasteiger partial charge in [-0.15, -0.1) is 0 Å². The Kier molecular flexibility index (Phi) is 5.12. The lowest BCUT2D eigenvalue weighted by Gasteiger charge is -2.16. The van der Waals surface area contributed by atoms with Crippen molar-refractivity contribution in [1.29, 1.82) is 5.26 Å². The van der Waals surface area contributed by atoms with E-state index in [1.807, 2.05) is 26.0 Å². The number of rotatable bonds is 4. The maximum atomic E-state index is 8.90. The number of nitriles is 1. The number of hydrogen-bond acceptors (Lipinski definition) is 2. The van der Waals surface area contributed by atoms with E-state index in [-0.39, 0.29) is 5.41 Å². The molecular formula is C12H13BrCl2N2. The third kappa shape index (κ3) is 4.06. The van der Waals surface area contributed by atoms with Crippen LogP contribution in [0, 0.1) is 16.7 Å². The Morgan fingerprint density at radius 2 is 2.00 bits per heavy atom. The van der Waals surface area contributed by atoms with Crippen LogP contribution in [0.2, 0.25) is 10.0 Å². The second-order valence-electron chi connectivity index (χ2n) is 4.40. The lowest BCUT2D eigenvalue weighted by atomic mass is 9.91. The average Bonchev–Trinajstić information content (AvgIpc) is 2.29. The molecule has 0 atom stereocenters. The first kappa shape index (κ1) is 14.6. The predicted molar refractivity (Wildman–Crippen MR) is 76.7 cm³/mol. The summed E-state index contributed by atoms with van der Waals surface area (Å²) in [6.07, 6.45) is 0.744. The van der Waals surface area contributed by atoms with Gasteiger partial charge in [-0.2, -0.15) is 5.26 Å². The molecule has 0 spiro atoms. The highest BCUT2D eigenvalue weighted by Gasteiger charge is 2.16. The van der Waals surface area contributed by atoms with Crippen molar-refractivity contribution in [2.45, 2.75) is 20.3 Å². The van der Waals surface area contributed by atoms with Crippen molar-refractivity contribution >= 4 is 44.8 Å². The van der Waals surface area contributed by atoms with Crippen LogP contribution in [0.15, 0.2) is 16.6 Å². The summed E-state index contributed by atoms with van der Waals surface area (Å²) in [7, 11) is 0. The van der Waals surface area contributed by atoms with Crippen LogP contribution in [-0.4, -0.2) is 6.54 Å². The van der Waals surface area contributed by atoms with Crippen LogP contribution in [0.4, 0.5) is 5.69 Å². The van der Waals surface area contributed by atoms with Crippen molar-refractivity contribution in [1.82, 2.24) is 0 Å². The third-order valence-electron chi connectivity index (χ3n) is 2.40. The van der Waals surface area contributed by atoms with Crippen LogP contribution in [0.5, 0.6) is 0 Å². The number of nitrogens with zero attached hydrogens (tertiary/aromatic N) is 1. The van der Waals surface area contributed by atoms with Crippen LogP contribution in [0.3, 0.4) is 0 Å². The van der Waals surface area contributed by atoms with E-state index in [0.29, 0.717) is 16.6 Å². The summed E-state index contributed by atoms with van der Waals surface area (Å²) >= 11 is 15.4. The van der Waals surface area contributed by atoms with Crippen LogP contribution >= 0.6 is 39.1 Å². The molecule has 1 aromatic rings. The van der Waals surface area contributed by atoms with Gasteiger partial charge in [-0.1, -0.05) is 23.2 Å². The van der Waals surface area contributed by atoms with Gasteiger partial charge in [0, 0.05) is 11.0 Å². The smallest absolute Gasteiger partial charge is 0.0835 e. The normalized spacial score (nSPS) is 11.1. The highest BCUT2D eigenvalue weighted by Crippen LogP contribution is 2.35. The molecule has 17 heavy (non-hydrogen) atoms. The van der Waals surface area contributed by atoms with E-state index < -0.39 is 0 Å².